The zero-order valence-corrected chi connectivity index (χ0v) is 22.4. The largest absolute Gasteiger partial charge is 0.142 e. The van der Waals surface area contributed by atoms with E-state index >= 15 is 0 Å². The lowest BCUT2D eigenvalue weighted by Crippen LogP contribution is -1.94. The van der Waals surface area contributed by atoms with Crippen LogP contribution in [0.3, 0.4) is 0 Å². The van der Waals surface area contributed by atoms with Gasteiger partial charge in [0.15, 0.2) is 0 Å². The molecule has 3 heteroatoms. The number of rotatable bonds is 14. The SMILES string of the molecule is CCCCCC(CC)c1ccc(-c2ccsc2-c2ccc(C(CC)CCCCC)s2)s1. The lowest BCUT2D eigenvalue weighted by atomic mass is 9.97. The molecule has 3 heterocycles. The van der Waals surface area contributed by atoms with Crippen molar-refractivity contribution >= 4 is 34.0 Å². The number of hydrogen-bond acceptors (Lipinski definition) is 3. The van der Waals surface area contributed by atoms with Crippen molar-refractivity contribution in [3.05, 3.63) is 45.5 Å². The molecule has 2 unspecified atom stereocenters. The highest BCUT2D eigenvalue weighted by Gasteiger charge is 2.18. The summed E-state index contributed by atoms with van der Waals surface area (Å²) in [6.45, 7) is 9.30. The van der Waals surface area contributed by atoms with Crippen LogP contribution >= 0.6 is 34.0 Å². The monoisotopic (exact) mass is 472 g/mol. The van der Waals surface area contributed by atoms with Crippen molar-refractivity contribution in [3.63, 3.8) is 0 Å². The highest BCUT2D eigenvalue weighted by atomic mass is 32.1. The zero-order valence-electron chi connectivity index (χ0n) is 19.9. The Kier molecular flexibility index (Phi) is 10.3. The summed E-state index contributed by atoms with van der Waals surface area (Å²) < 4.78 is 0. The fraction of sp³-hybridized carbons (Fsp3) is 0.571. The van der Waals surface area contributed by atoms with E-state index < -0.39 is 0 Å². The van der Waals surface area contributed by atoms with Gasteiger partial charge in [-0.05, 0) is 73.2 Å². The fourth-order valence-electron chi connectivity index (χ4n) is 4.48. The van der Waals surface area contributed by atoms with Crippen LogP contribution in [0.25, 0.3) is 20.2 Å². The Balaban J connectivity index is 1.76. The Bertz CT molecular complexity index is 811. The molecule has 0 nitrogen and oxygen atoms in total. The molecule has 3 rings (SSSR count). The summed E-state index contributed by atoms with van der Waals surface area (Å²) >= 11 is 5.98. The summed E-state index contributed by atoms with van der Waals surface area (Å²) in [7, 11) is 0. The first-order valence-corrected chi connectivity index (χ1v) is 15.0. The molecule has 0 saturated heterocycles. The summed E-state index contributed by atoms with van der Waals surface area (Å²) in [5, 5.41) is 2.28. The van der Waals surface area contributed by atoms with Gasteiger partial charge in [0.05, 0.1) is 4.88 Å². The van der Waals surface area contributed by atoms with Crippen molar-refractivity contribution in [2.24, 2.45) is 0 Å². The van der Waals surface area contributed by atoms with Crippen LogP contribution in [0.2, 0.25) is 0 Å². The van der Waals surface area contributed by atoms with Crippen LogP contribution in [0.5, 0.6) is 0 Å². The summed E-state index contributed by atoms with van der Waals surface area (Å²) in [5.41, 5.74) is 1.44. The molecule has 0 radical (unpaired) electrons. The lowest BCUT2D eigenvalue weighted by molar-refractivity contribution is 0.560. The van der Waals surface area contributed by atoms with Gasteiger partial charge in [-0.15, -0.1) is 34.0 Å². The average molecular weight is 473 g/mol. The smallest absolute Gasteiger partial charge is 0.0529 e. The Morgan fingerprint density at radius 1 is 0.645 bits per heavy atom. The molecule has 0 aromatic carbocycles. The number of hydrogen-bond donors (Lipinski definition) is 0. The molecule has 0 bridgehead atoms. The minimum absolute atomic E-state index is 0.731. The van der Waals surface area contributed by atoms with Gasteiger partial charge in [0.2, 0.25) is 0 Å². The molecule has 0 aliphatic rings. The molecule has 31 heavy (non-hydrogen) atoms. The van der Waals surface area contributed by atoms with E-state index in [0.717, 1.165) is 11.8 Å². The van der Waals surface area contributed by atoms with E-state index in [-0.39, 0.29) is 0 Å². The standard InChI is InChI=1S/C28H40S3/c1-5-9-11-13-21(7-3)24-15-17-26(30-24)23-19-20-29-28(23)27-18-16-25(31-27)22(8-4)14-12-10-6-2/h15-22H,5-14H2,1-4H3. The predicted molar refractivity (Wildman–Crippen MR) is 145 cm³/mol. The maximum atomic E-state index is 2.41. The number of thiophene rings is 3. The van der Waals surface area contributed by atoms with Gasteiger partial charge in [0, 0.05) is 25.1 Å². The Morgan fingerprint density at radius 2 is 1.19 bits per heavy atom. The van der Waals surface area contributed by atoms with E-state index in [1.165, 1.54) is 84.4 Å². The van der Waals surface area contributed by atoms with E-state index in [9.17, 15) is 0 Å². The van der Waals surface area contributed by atoms with Gasteiger partial charge in [-0.2, -0.15) is 0 Å². The van der Waals surface area contributed by atoms with Crippen molar-refractivity contribution in [1.29, 1.82) is 0 Å². The first-order chi connectivity index (χ1) is 15.2. The maximum Gasteiger partial charge on any atom is 0.0529 e. The van der Waals surface area contributed by atoms with E-state index in [2.05, 4.69) is 63.4 Å². The van der Waals surface area contributed by atoms with Gasteiger partial charge >= 0.3 is 0 Å². The van der Waals surface area contributed by atoms with Crippen molar-refractivity contribution < 1.29 is 0 Å². The van der Waals surface area contributed by atoms with Crippen molar-refractivity contribution in [1.82, 2.24) is 0 Å². The third kappa shape index (κ3) is 6.55. The Morgan fingerprint density at radius 3 is 1.74 bits per heavy atom. The Hall–Kier alpha value is -0.900. The second-order valence-corrected chi connectivity index (χ2v) is 11.9. The summed E-state index contributed by atoms with van der Waals surface area (Å²) in [5.74, 6) is 1.46. The van der Waals surface area contributed by atoms with Crippen LogP contribution in [0.1, 0.15) is 113 Å². The van der Waals surface area contributed by atoms with E-state index in [0.29, 0.717) is 0 Å². The average Bonchev–Trinajstić information content (AvgIpc) is 3.54. The second-order valence-electron chi connectivity index (χ2n) is 8.77. The van der Waals surface area contributed by atoms with Crippen LogP contribution < -0.4 is 0 Å². The summed E-state index contributed by atoms with van der Waals surface area (Å²) in [6.07, 6.45) is 13.3. The van der Waals surface area contributed by atoms with Gasteiger partial charge in [0.1, 0.15) is 0 Å². The molecule has 0 aliphatic carbocycles. The molecule has 0 N–H and O–H groups in total. The molecule has 2 atom stereocenters. The quantitative estimate of drug-likeness (QED) is 0.205. The topological polar surface area (TPSA) is 0 Å². The predicted octanol–water partition coefficient (Wildman–Crippen LogP) is 11.4. The molecule has 0 amide bonds. The normalized spacial score (nSPS) is 13.5. The molecule has 0 spiro atoms. The third-order valence-electron chi connectivity index (χ3n) is 6.51. The summed E-state index contributed by atoms with van der Waals surface area (Å²) in [4.78, 5) is 7.54. The van der Waals surface area contributed by atoms with Crippen LogP contribution in [-0.4, -0.2) is 0 Å². The molecular weight excluding hydrogens is 433 g/mol. The van der Waals surface area contributed by atoms with Crippen LogP contribution in [0.4, 0.5) is 0 Å². The van der Waals surface area contributed by atoms with Crippen LogP contribution in [0.15, 0.2) is 35.7 Å². The molecule has 3 aromatic rings. The van der Waals surface area contributed by atoms with Crippen molar-refractivity contribution in [2.45, 2.75) is 104 Å². The van der Waals surface area contributed by atoms with Gasteiger partial charge in [-0.1, -0.05) is 66.2 Å². The van der Waals surface area contributed by atoms with E-state index in [1.54, 1.807) is 9.75 Å². The molecule has 0 aliphatic heterocycles. The molecule has 3 aromatic heterocycles. The van der Waals surface area contributed by atoms with Gasteiger partial charge in [-0.3, -0.25) is 0 Å². The van der Waals surface area contributed by atoms with E-state index in [4.69, 9.17) is 0 Å². The molecule has 0 fully saturated rings. The fourth-order valence-corrected chi connectivity index (χ4v) is 8.08. The zero-order chi connectivity index (χ0) is 22.1. The van der Waals surface area contributed by atoms with Gasteiger partial charge in [0.25, 0.3) is 0 Å². The van der Waals surface area contributed by atoms with E-state index in [1.807, 2.05) is 34.0 Å². The van der Waals surface area contributed by atoms with Crippen molar-refractivity contribution in [3.8, 4) is 20.2 Å². The highest BCUT2D eigenvalue weighted by Crippen LogP contribution is 2.45. The lowest BCUT2D eigenvalue weighted by Gasteiger charge is -2.12. The van der Waals surface area contributed by atoms with Crippen LogP contribution in [0, 0.1) is 0 Å². The summed E-state index contributed by atoms with van der Waals surface area (Å²) in [6, 6.07) is 11.9. The molecule has 170 valence electrons. The minimum atomic E-state index is 0.731. The second kappa shape index (κ2) is 13.0. The van der Waals surface area contributed by atoms with Crippen molar-refractivity contribution in [2.75, 3.05) is 0 Å². The molecular formula is C28H40S3. The van der Waals surface area contributed by atoms with Gasteiger partial charge in [-0.25, -0.2) is 0 Å². The highest BCUT2D eigenvalue weighted by molar-refractivity contribution is 7.22. The Labute approximate surface area is 202 Å². The first-order valence-electron chi connectivity index (χ1n) is 12.5. The first kappa shape index (κ1) is 24.7. The number of unbranched alkanes of at least 4 members (excludes halogenated alkanes) is 4. The maximum absolute atomic E-state index is 2.41. The molecule has 0 saturated carbocycles. The minimum Gasteiger partial charge on any atom is -0.142 e. The third-order valence-corrected chi connectivity index (χ3v) is 10.1. The van der Waals surface area contributed by atoms with Crippen LogP contribution in [-0.2, 0) is 0 Å². The van der Waals surface area contributed by atoms with Gasteiger partial charge < -0.3 is 0 Å².